The van der Waals surface area contributed by atoms with Crippen LogP contribution in [0.25, 0.3) is 0 Å². The molecule has 25 heavy (non-hydrogen) atoms. The molecule has 2 saturated heterocycles. The lowest BCUT2D eigenvalue weighted by Crippen LogP contribution is -2.53. The van der Waals surface area contributed by atoms with Crippen LogP contribution in [0.5, 0.6) is 0 Å². The lowest BCUT2D eigenvalue weighted by atomic mass is 10.00. The average molecular weight is 344 g/mol. The number of amides is 3. The van der Waals surface area contributed by atoms with E-state index in [1.54, 1.807) is 18.2 Å². The Labute approximate surface area is 144 Å². The summed E-state index contributed by atoms with van der Waals surface area (Å²) in [6.07, 6.45) is 1.09. The highest BCUT2D eigenvalue weighted by molar-refractivity contribution is 6.08. The van der Waals surface area contributed by atoms with E-state index < -0.39 is 17.9 Å². The van der Waals surface area contributed by atoms with E-state index >= 15 is 0 Å². The van der Waals surface area contributed by atoms with Gasteiger partial charge in [0.15, 0.2) is 6.29 Å². The van der Waals surface area contributed by atoms with E-state index in [0.29, 0.717) is 12.0 Å². The molecule has 0 bridgehead atoms. The van der Waals surface area contributed by atoms with E-state index in [2.05, 4.69) is 16.0 Å². The van der Waals surface area contributed by atoms with Gasteiger partial charge in [-0.15, -0.1) is 0 Å². The van der Waals surface area contributed by atoms with Gasteiger partial charge in [0.2, 0.25) is 11.8 Å². The van der Waals surface area contributed by atoms with Crippen molar-refractivity contribution in [2.45, 2.75) is 24.9 Å². The Bertz CT molecular complexity index is 729. The second-order valence-corrected chi connectivity index (χ2v) is 6.27. The summed E-state index contributed by atoms with van der Waals surface area (Å²) >= 11 is 0. The predicted molar refractivity (Wildman–Crippen MR) is 90.4 cm³/mol. The Kier molecular flexibility index (Phi) is 4.80. The molecule has 0 aromatic heterocycles. The number of piperidine rings is 1. The molecule has 3 N–H and O–H groups in total. The molecule has 1 unspecified atom stereocenters. The van der Waals surface area contributed by atoms with Crippen LogP contribution in [0.15, 0.2) is 18.2 Å². The molecule has 0 radical (unpaired) electrons. The van der Waals surface area contributed by atoms with Crippen LogP contribution in [-0.4, -0.2) is 61.1 Å². The SMILES string of the molecule is CN(C(=O)c1c(C=O)cccc1NC1CNC1)C1CCC(=O)NC1=O. The van der Waals surface area contributed by atoms with Crippen molar-refractivity contribution < 1.29 is 19.2 Å². The first-order chi connectivity index (χ1) is 12.0. The second-order valence-electron chi connectivity index (χ2n) is 6.27. The summed E-state index contributed by atoms with van der Waals surface area (Å²) in [6.45, 7) is 1.56. The summed E-state index contributed by atoms with van der Waals surface area (Å²) in [5, 5.41) is 8.63. The number of hydrogen-bond donors (Lipinski definition) is 3. The lowest BCUT2D eigenvalue weighted by molar-refractivity contribution is -0.136. The minimum atomic E-state index is -0.733. The molecular weight excluding hydrogens is 324 g/mol. The number of benzene rings is 1. The minimum absolute atomic E-state index is 0.183. The maximum absolute atomic E-state index is 13.0. The monoisotopic (exact) mass is 344 g/mol. The smallest absolute Gasteiger partial charge is 0.257 e. The highest BCUT2D eigenvalue weighted by atomic mass is 16.2. The molecule has 8 heteroatoms. The summed E-state index contributed by atoms with van der Waals surface area (Å²) in [7, 11) is 1.51. The molecule has 3 rings (SSSR count). The number of imide groups is 1. The topological polar surface area (TPSA) is 108 Å². The molecule has 2 aliphatic heterocycles. The fraction of sp³-hybridized carbons (Fsp3) is 0.412. The van der Waals surface area contributed by atoms with Gasteiger partial charge < -0.3 is 15.5 Å². The zero-order valence-corrected chi connectivity index (χ0v) is 13.9. The van der Waals surface area contributed by atoms with Crippen LogP contribution in [0.3, 0.4) is 0 Å². The highest BCUT2D eigenvalue weighted by Gasteiger charge is 2.34. The predicted octanol–water partition coefficient (Wildman–Crippen LogP) is -0.240. The second kappa shape index (κ2) is 7.02. The third kappa shape index (κ3) is 3.39. The average Bonchev–Trinajstić information content (AvgIpc) is 2.56. The van der Waals surface area contributed by atoms with Crippen molar-refractivity contribution in [1.82, 2.24) is 15.5 Å². The molecule has 3 amide bonds. The number of likely N-dealkylation sites (N-methyl/N-ethyl adjacent to an activating group) is 1. The summed E-state index contributed by atoms with van der Waals surface area (Å²) in [4.78, 5) is 49.1. The maximum Gasteiger partial charge on any atom is 0.257 e. The zero-order chi connectivity index (χ0) is 18.0. The summed E-state index contributed by atoms with van der Waals surface area (Å²) in [5.74, 6) is -1.25. The van der Waals surface area contributed by atoms with Crippen molar-refractivity contribution in [1.29, 1.82) is 0 Å². The number of aldehydes is 1. The normalized spacial score (nSPS) is 20.4. The van der Waals surface area contributed by atoms with E-state index in [1.165, 1.54) is 11.9 Å². The number of nitrogens with zero attached hydrogens (tertiary/aromatic N) is 1. The Morgan fingerprint density at radius 1 is 1.32 bits per heavy atom. The third-order valence-electron chi connectivity index (χ3n) is 4.58. The molecule has 0 spiro atoms. The van der Waals surface area contributed by atoms with Gasteiger partial charge in [-0.05, 0) is 12.5 Å². The standard InChI is InChI=1S/C17H20N4O4/c1-21(13-5-6-14(23)20-16(13)24)17(25)15-10(9-22)3-2-4-12(15)19-11-7-18-8-11/h2-4,9,11,13,18-19H,5-8H2,1H3,(H,20,23,24). The fourth-order valence-corrected chi connectivity index (χ4v) is 3.01. The van der Waals surface area contributed by atoms with Gasteiger partial charge in [0.25, 0.3) is 5.91 Å². The van der Waals surface area contributed by atoms with Gasteiger partial charge in [0.1, 0.15) is 6.04 Å². The van der Waals surface area contributed by atoms with Crippen LogP contribution in [0, 0.1) is 0 Å². The first-order valence-electron chi connectivity index (χ1n) is 8.17. The number of hydrogen-bond acceptors (Lipinski definition) is 6. The van der Waals surface area contributed by atoms with Gasteiger partial charge in [0.05, 0.1) is 11.6 Å². The molecule has 1 aromatic rings. The summed E-state index contributed by atoms with van der Waals surface area (Å²) in [6, 6.07) is 4.48. The minimum Gasteiger partial charge on any atom is -0.379 e. The van der Waals surface area contributed by atoms with Crippen molar-refractivity contribution in [2.75, 3.05) is 25.5 Å². The van der Waals surface area contributed by atoms with Gasteiger partial charge in [-0.3, -0.25) is 24.5 Å². The summed E-state index contributed by atoms with van der Waals surface area (Å²) in [5.41, 5.74) is 1.08. The first-order valence-corrected chi connectivity index (χ1v) is 8.17. The van der Waals surface area contributed by atoms with Gasteiger partial charge in [-0.1, -0.05) is 12.1 Å². The van der Waals surface area contributed by atoms with Crippen LogP contribution in [0.1, 0.15) is 33.6 Å². The van der Waals surface area contributed by atoms with Crippen LogP contribution in [-0.2, 0) is 9.59 Å². The summed E-state index contributed by atoms with van der Waals surface area (Å²) < 4.78 is 0. The van der Waals surface area contributed by atoms with Crippen LogP contribution in [0.4, 0.5) is 5.69 Å². The number of nitrogens with one attached hydrogen (secondary N) is 3. The van der Waals surface area contributed by atoms with Crippen molar-refractivity contribution in [3.63, 3.8) is 0 Å². The van der Waals surface area contributed by atoms with Crippen molar-refractivity contribution >= 4 is 29.7 Å². The Balaban J connectivity index is 1.88. The molecule has 0 aliphatic carbocycles. The first kappa shape index (κ1) is 17.1. The number of carbonyl (C=O) groups excluding carboxylic acids is 4. The number of carbonyl (C=O) groups is 4. The highest BCUT2D eigenvalue weighted by Crippen LogP contribution is 2.24. The molecule has 2 fully saturated rings. The quantitative estimate of drug-likeness (QED) is 0.503. The lowest BCUT2D eigenvalue weighted by Gasteiger charge is -2.32. The van der Waals surface area contributed by atoms with E-state index in [0.717, 1.165) is 13.1 Å². The zero-order valence-electron chi connectivity index (χ0n) is 13.9. The van der Waals surface area contributed by atoms with Crippen LogP contribution in [0.2, 0.25) is 0 Å². The largest absolute Gasteiger partial charge is 0.379 e. The van der Waals surface area contributed by atoms with Crippen LogP contribution < -0.4 is 16.0 Å². The van der Waals surface area contributed by atoms with Crippen LogP contribution >= 0.6 is 0 Å². The molecule has 2 aliphatic rings. The van der Waals surface area contributed by atoms with Gasteiger partial charge >= 0.3 is 0 Å². The molecule has 2 heterocycles. The Morgan fingerprint density at radius 3 is 2.68 bits per heavy atom. The van der Waals surface area contributed by atoms with Crippen molar-refractivity contribution in [3.8, 4) is 0 Å². The van der Waals surface area contributed by atoms with Gasteiger partial charge in [-0.2, -0.15) is 0 Å². The molecule has 132 valence electrons. The molecule has 1 aromatic carbocycles. The van der Waals surface area contributed by atoms with Crippen molar-refractivity contribution in [2.24, 2.45) is 0 Å². The third-order valence-corrected chi connectivity index (χ3v) is 4.58. The molecular formula is C17H20N4O4. The fourth-order valence-electron chi connectivity index (χ4n) is 3.01. The Morgan fingerprint density at radius 2 is 2.08 bits per heavy atom. The van der Waals surface area contributed by atoms with Crippen molar-refractivity contribution in [3.05, 3.63) is 29.3 Å². The van der Waals surface area contributed by atoms with Gasteiger partial charge in [0, 0.05) is 37.8 Å². The van der Waals surface area contributed by atoms with E-state index in [-0.39, 0.29) is 35.9 Å². The van der Waals surface area contributed by atoms with E-state index in [4.69, 9.17) is 0 Å². The maximum atomic E-state index is 13.0. The number of anilines is 1. The van der Waals surface area contributed by atoms with E-state index in [9.17, 15) is 19.2 Å². The molecule has 8 nitrogen and oxygen atoms in total. The van der Waals surface area contributed by atoms with E-state index in [1.807, 2.05) is 0 Å². The van der Waals surface area contributed by atoms with Gasteiger partial charge in [-0.25, -0.2) is 0 Å². The Hall–Kier alpha value is -2.74. The molecule has 0 saturated carbocycles. The molecule has 1 atom stereocenters. The number of rotatable bonds is 5.